The number of nitrogens with zero attached hydrogens (tertiary/aromatic N) is 3. The van der Waals surface area contributed by atoms with Crippen LogP contribution < -0.4 is 4.74 Å². The van der Waals surface area contributed by atoms with Gasteiger partial charge in [-0.25, -0.2) is 0 Å². The lowest BCUT2D eigenvalue weighted by atomic mass is 10.00. The number of rotatable bonds is 2. The van der Waals surface area contributed by atoms with E-state index in [1.807, 2.05) is 10.6 Å². The van der Waals surface area contributed by atoms with Gasteiger partial charge in [-0.2, -0.15) is 0 Å². The van der Waals surface area contributed by atoms with Gasteiger partial charge in [0, 0.05) is 25.3 Å². The third-order valence-electron chi connectivity index (χ3n) is 3.30. The topological polar surface area (TPSA) is 48.7 Å². The highest BCUT2D eigenvalue weighted by Crippen LogP contribution is 2.31. The van der Waals surface area contributed by atoms with Crippen LogP contribution in [0.1, 0.15) is 24.6 Å². The maximum atomic E-state index is 6.07. The summed E-state index contributed by atoms with van der Waals surface area (Å²) in [6.07, 6.45) is 3.85. The average Bonchev–Trinajstić information content (AvgIpc) is 2.83. The van der Waals surface area contributed by atoms with E-state index < -0.39 is 0 Å². The van der Waals surface area contributed by atoms with Gasteiger partial charge in [0.1, 0.15) is 5.82 Å². The van der Waals surface area contributed by atoms with Crippen LogP contribution >= 0.6 is 11.6 Å². The Morgan fingerprint density at radius 3 is 2.89 bits per heavy atom. The Labute approximate surface area is 110 Å². The fourth-order valence-electron chi connectivity index (χ4n) is 2.35. The van der Waals surface area contributed by atoms with Gasteiger partial charge in [-0.15, -0.1) is 10.2 Å². The van der Waals surface area contributed by atoms with Crippen molar-refractivity contribution in [1.82, 2.24) is 14.6 Å². The van der Waals surface area contributed by atoms with Crippen LogP contribution in [-0.4, -0.2) is 34.9 Å². The van der Waals surface area contributed by atoms with Crippen molar-refractivity contribution in [3.63, 3.8) is 0 Å². The lowest BCUT2D eigenvalue weighted by molar-refractivity contribution is 0.0834. The summed E-state index contributed by atoms with van der Waals surface area (Å²) in [5.41, 5.74) is 0.673. The molecule has 0 aliphatic carbocycles. The lowest BCUT2D eigenvalue weighted by Gasteiger charge is -2.20. The fraction of sp³-hybridized carbons (Fsp3) is 0.500. The van der Waals surface area contributed by atoms with Crippen molar-refractivity contribution in [1.29, 1.82) is 0 Å². The molecular weight excluding hydrogens is 254 g/mol. The van der Waals surface area contributed by atoms with Gasteiger partial charge in [0.2, 0.25) is 5.65 Å². The SMILES string of the molecule is COc1c(Cl)ccn2c(C3CCOCC3)nnc12. The summed E-state index contributed by atoms with van der Waals surface area (Å²) in [6.45, 7) is 1.56. The third kappa shape index (κ3) is 1.83. The van der Waals surface area contributed by atoms with E-state index in [1.54, 1.807) is 13.2 Å². The molecule has 2 aromatic heterocycles. The predicted octanol–water partition coefficient (Wildman–Crippen LogP) is 2.29. The quantitative estimate of drug-likeness (QED) is 0.838. The number of hydrogen-bond acceptors (Lipinski definition) is 4. The summed E-state index contributed by atoms with van der Waals surface area (Å²) in [6, 6.07) is 1.81. The van der Waals surface area contributed by atoms with E-state index >= 15 is 0 Å². The van der Waals surface area contributed by atoms with Gasteiger partial charge < -0.3 is 9.47 Å². The molecule has 0 spiro atoms. The number of pyridine rings is 1. The largest absolute Gasteiger partial charge is 0.491 e. The number of methoxy groups -OCH3 is 1. The van der Waals surface area contributed by atoms with Crippen LogP contribution in [0.4, 0.5) is 0 Å². The number of fused-ring (bicyclic) bond motifs is 1. The van der Waals surface area contributed by atoms with Crippen LogP contribution in [0.25, 0.3) is 5.65 Å². The Hall–Kier alpha value is -1.33. The Kier molecular flexibility index (Phi) is 3.09. The maximum absolute atomic E-state index is 6.07. The Bertz CT molecular complexity index is 564. The van der Waals surface area contributed by atoms with E-state index in [-0.39, 0.29) is 0 Å². The van der Waals surface area contributed by atoms with Crippen molar-refractivity contribution in [2.45, 2.75) is 18.8 Å². The summed E-state index contributed by atoms with van der Waals surface area (Å²) < 4.78 is 12.6. The van der Waals surface area contributed by atoms with Crippen molar-refractivity contribution >= 4 is 17.2 Å². The normalized spacial score (nSPS) is 17.2. The highest BCUT2D eigenvalue weighted by molar-refractivity contribution is 6.32. The first kappa shape index (κ1) is 11.7. The van der Waals surface area contributed by atoms with Crippen molar-refractivity contribution in [2.24, 2.45) is 0 Å². The molecule has 0 aromatic carbocycles. The molecule has 0 atom stereocenters. The Morgan fingerprint density at radius 2 is 2.17 bits per heavy atom. The van der Waals surface area contributed by atoms with Crippen molar-refractivity contribution in [3.05, 3.63) is 23.1 Å². The molecule has 1 fully saturated rings. The zero-order valence-corrected chi connectivity index (χ0v) is 10.9. The van der Waals surface area contributed by atoms with Crippen LogP contribution in [0.15, 0.2) is 12.3 Å². The van der Waals surface area contributed by atoms with E-state index in [9.17, 15) is 0 Å². The minimum atomic E-state index is 0.389. The molecule has 3 rings (SSSR count). The van der Waals surface area contributed by atoms with Gasteiger partial charge in [0.25, 0.3) is 0 Å². The first-order chi connectivity index (χ1) is 8.81. The molecule has 0 radical (unpaired) electrons. The molecule has 18 heavy (non-hydrogen) atoms. The minimum absolute atomic E-state index is 0.389. The molecule has 6 heteroatoms. The molecule has 1 aliphatic rings. The second-order valence-corrected chi connectivity index (χ2v) is 4.74. The molecular formula is C12H14ClN3O2. The van der Waals surface area contributed by atoms with Crippen molar-refractivity contribution < 1.29 is 9.47 Å². The molecule has 1 saturated heterocycles. The van der Waals surface area contributed by atoms with E-state index in [1.165, 1.54) is 0 Å². The average molecular weight is 268 g/mol. The van der Waals surface area contributed by atoms with E-state index in [0.717, 1.165) is 31.9 Å². The van der Waals surface area contributed by atoms with Gasteiger partial charge in [0.15, 0.2) is 5.75 Å². The third-order valence-corrected chi connectivity index (χ3v) is 3.60. The van der Waals surface area contributed by atoms with Gasteiger partial charge in [-0.1, -0.05) is 11.6 Å². The molecule has 96 valence electrons. The van der Waals surface area contributed by atoms with Crippen molar-refractivity contribution in [2.75, 3.05) is 20.3 Å². The van der Waals surface area contributed by atoms with Crippen LogP contribution in [0.2, 0.25) is 5.02 Å². The number of hydrogen-bond donors (Lipinski definition) is 0. The monoisotopic (exact) mass is 267 g/mol. The van der Waals surface area contributed by atoms with E-state index in [4.69, 9.17) is 21.1 Å². The molecule has 0 saturated carbocycles. The molecule has 5 nitrogen and oxygen atoms in total. The molecule has 3 heterocycles. The smallest absolute Gasteiger partial charge is 0.204 e. The summed E-state index contributed by atoms with van der Waals surface area (Å²) in [5.74, 6) is 1.92. The van der Waals surface area contributed by atoms with Gasteiger partial charge in [-0.3, -0.25) is 4.40 Å². The van der Waals surface area contributed by atoms with Gasteiger partial charge in [-0.05, 0) is 18.9 Å². The van der Waals surface area contributed by atoms with Crippen molar-refractivity contribution in [3.8, 4) is 5.75 Å². The van der Waals surface area contributed by atoms with Gasteiger partial charge in [0.05, 0.1) is 12.1 Å². The maximum Gasteiger partial charge on any atom is 0.204 e. The summed E-state index contributed by atoms with van der Waals surface area (Å²) in [4.78, 5) is 0. The summed E-state index contributed by atoms with van der Waals surface area (Å²) in [5, 5.41) is 9.03. The van der Waals surface area contributed by atoms with E-state index in [2.05, 4.69) is 10.2 Å². The summed E-state index contributed by atoms with van der Waals surface area (Å²) in [7, 11) is 1.59. The molecule has 0 unspecified atom stereocenters. The number of aromatic nitrogens is 3. The zero-order valence-electron chi connectivity index (χ0n) is 10.1. The number of ether oxygens (including phenoxy) is 2. The standard InChI is InChI=1S/C12H14ClN3O2/c1-17-10-9(13)2-5-16-11(14-15-12(10)16)8-3-6-18-7-4-8/h2,5,8H,3-4,6-7H2,1H3. The summed E-state index contributed by atoms with van der Waals surface area (Å²) >= 11 is 6.07. The lowest BCUT2D eigenvalue weighted by Crippen LogP contribution is -2.16. The molecule has 0 amide bonds. The fourth-order valence-corrected chi connectivity index (χ4v) is 2.57. The zero-order chi connectivity index (χ0) is 12.5. The molecule has 1 aliphatic heterocycles. The van der Waals surface area contributed by atoms with Gasteiger partial charge >= 0.3 is 0 Å². The van der Waals surface area contributed by atoms with Crippen LogP contribution in [0.5, 0.6) is 5.75 Å². The van der Waals surface area contributed by atoms with Crippen LogP contribution in [0, 0.1) is 0 Å². The predicted molar refractivity (Wildman–Crippen MR) is 67.3 cm³/mol. The molecule has 0 N–H and O–H groups in total. The Balaban J connectivity index is 2.08. The highest BCUT2D eigenvalue weighted by Gasteiger charge is 2.22. The minimum Gasteiger partial charge on any atom is -0.491 e. The van der Waals surface area contributed by atoms with Crippen LogP contribution in [-0.2, 0) is 4.74 Å². The first-order valence-electron chi connectivity index (χ1n) is 5.96. The molecule has 0 bridgehead atoms. The second kappa shape index (κ2) is 4.74. The second-order valence-electron chi connectivity index (χ2n) is 4.34. The first-order valence-corrected chi connectivity index (χ1v) is 6.34. The number of halogens is 1. The highest BCUT2D eigenvalue weighted by atomic mass is 35.5. The Morgan fingerprint density at radius 1 is 1.39 bits per heavy atom. The van der Waals surface area contributed by atoms with E-state index in [0.29, 0.717) is 22.3 Å². The molecule has 2 aromatic rings. The van der Waals surface area contributed by atoms with Crippen LogP contribution in [0.3, 0.4) is 0 Å².